The normalized spacial score (nSPS) is 30.3. The molecule has 20 heavy (non-hydrogen) atoms. The van der Waals surface area contributed by atoms with E-state index in [-0.39, 0.29) is 23.9 Å². The van der Waals surface area contributed by atoms with Crippen LogP contribution in [0.25, 0.3) is 0 Å². The number of hydrogen-bond acceptors (Lipinski definition) is 3. The Balaban J connectivity index is 1.89. The summed E-state index contributed by atoms with van der Waals surface area (Å²) in [6, 6.07) is 0.470. The van der Waals surface area contributed by atoms with Gasteiger partial charge >= 0.3 is 0 Å². The van der Waals surface area contributed by atoms with Crippen molar-refractivity contribution in [3.63, 3.8) is 0 Å². The van der Waals surface area contributed by atoms with Crippen LogP contribution in [0.4, 0.5) is 0 Å². The minimum Gasteiger partial charge on any atom is -0.351 e. The molecular weight excluding hydrogens is 254 g/mol. The van der Waals surface area contributed by atoms with E-state index in [1.807, 2.05) is 6.92 Å². The predicted octanol–water partition coefficient (Wildman–Crippen LogP) is 1.03. The minimum atomic E-state index is -0.237. The van der Waals surface area contributed by atoms with Gasteiger partial charge in [0.05, 0.1) is 0 Å². The van der Waals surface area contributed by atoms with Crippen molar-refractivity contribution in [2.24, 2.45) is 0 Å². The second-order valence-electron chi connectivity index (χ2n) is 6.08. The molecule has 0 bridgehead atoms. The van der Waals surface area contributed by atoms with E-state index in [1.54, 1.807) is 4.90 Å². The summed E-state index contributed by atoms with van der Waals surface area (Å²) in [6.45, 7) is 5.83. The van der Waals surface area contributed by atoms with Crippen molar-refractivity contribution in [3.05, 3.63) is 0 Å². The van der Waals surface area contributed by atoms with Crippen molar-refractivity contribution in [2.45, 2.75) is 70.5 Å². The average molecular weight is 281 g/mol. The van der Waals surface area contributed by atoms with Crippen LogP contribution in [0.3, 0.4) is 0 Å². The molecule has 2 aliphatic rings. The molecule has 2 amide bonds. The Labute approximate surface area is 121 Å². The summed E-state index contributed by atoms with van der Waals surface area (Å²) in [6.07, 6.45) is 5.09. The highest BCUT2D eigenvalue weighted by atomic mass is 16.2. The molecule has 2 heterocycles. The Morgan fingerprint density at radius 3 is 2.85 bits per heavy atom. The number of piperidine rings is 1. The molecule has 2 fully saturated rings. The fourth-order valence-corrected chi connectivity index (χ4v) is 3.26. The van der Waals surface area contributed by atoms with Crippen molar-refractivity contribution in [2.75, 3.05) is 13.1 Å². The predicted molar refractivity (Wildman–Crippen MR) is 78.3 cm³/mol. The molecule has 0 radical (unpaired) electrons. The minimum absolute atomic E-state index is 0.0473. The molecule has 0 spiro atoms. The Bertz CT molecular complexity index is 359. The number of nitrogens with zero attached hydrogens (tertiary/aromatic N) is 1. The zero-order valence-corrected chi connectivity index (χ0v) is 12.7. The molecule has 0 aromatic rings. The van der Waals surface area contributed by atoms with Crippen LogP contribution in [0.15, 0.2) is 0 Å². The summed E-state index contributed by atoms with van der Waals surface area (Å²) in [5.41, 5.74) is 0. The lowest BCUT2D eigenvalue weighted by Gasteiger charge is -2.31. The molecule has 3 unspecified atom stereocenters. The van der Waals surface area contributed by atoms with Gasteiger partial charge in [-0.15, -0.1) is 0 Å². The maximum atomic E-state index is 12.4. The molecule has 2 rings (SSSR count). The Morgan fingerprint density at radius 1 is 1.35 bits per heavy atom. The Morgan fingerprint density at radius 2 is 2.15 bits per heavy atom. The van der Waals surface area contributed by atoms with Gasteiger partial charge in [0, 0.05) is 25.0 Å². The summed E-state index contributed by atoms with van der Waals surface area (Å²) in [4.78, 5) is 26.2. The first-order valence-corrected chi connectivity index (χ1v) is 7.95. The molecule has 0 saturated carbocycles. The van der Waals surface area contributed by atoms with Gasteiger partial charge in [0.1, 0.15) is 6.04 Å². The molecule has 5 nitrogen and oxygen atoms in total. The summed E-state index contributed by atoms with van der Waals surface area (Å²) in [7, 11) is 0. The van der Waals surface area contributed by atoms with E-state index in [2.05, 4.69) is 17.6 Å². The topological polar surface area (TPSA) is 61.4 Å². The maximum Gasteiger partial charge on any atom is 0.243 e. The van der Waals surface area contributed by atoms with Gasteiger partial charge < -0.3 is 15.5 Å². The van der Waals surface area contributed by atoms with Gasteiger partial charge in [-0.25, -0.2) is 0 Å². The quantitative estimate of drug-likeness (QED) is 0.809. The molecule has 0 aromatic carbocycles. The summed E-state index contributed by atoms with van der Waals surface area (Å²) in [5.74, 6) is 0.176. The van der Waals surface area contributed by atoms with E-state index in [4.69, 9.17) is 0 Å². The van der Waals surface area contributed by atoms with Crippen LogP contribution in [0.1, 0.15) is 52.4 Å². The van der Waals surface area contributed by atoms with Crippen LogP contribution < -0.4 is 10.6 Å². The van der Waals surface area contributed by atoms with Gasteiger partial charge in [0.2, 0.25) is 11.8 Å². The number of rotatable bonds is 4. The van der Waals surface area contributed by atoms with Crippen LogP contribution in [0, 0.1) is 0 Å². The molecule has 2 saturated heterocycles. The third kappa shape index (κ3) is 3.72. The summed E-state index contributed by atoms with van der Waals surface area (Å²) in [5, 5.41) is 6.53. The molecule has 0 aromatic heterocycles. The third-order valence-corrected chi connectivity index (χ3v) is 4.31. The average Bonchev–Trinajstić information content (AvgIpc) is 2.88. The van der Waals surface area contributed by atoms with Gasteiger partial charge in [-0.05, 0) is 45.6 Å². The highest BCUT2D eigenvalue weighted by Crippen LogP contribution is 2.20. The highest BCUT2D eigenvalue weighted by Gasteiger charge is 2.34. The molecular formula is C15H27N3O2. The summed E-state index contributed by atoms with van der Waals surface area (Å²) >= 11 is 0. The highest BCUT2D eigenvalue weighted by molar-refractivity contribution is 5.88. The SMILES string of the molecule is CCCC(=O)N1CCCC1C(=O)NC1CCNC(C)C1. The molecule has 2 aliphatic heterocycles. The van der Waals surface area contributed by atoms with Crippen LogP contribution >= 0.6 is 0 Å². The lowest BCUT2D eigenvalue weighted by Crippen LogP contribution is -2.52. The van der Waals surface area contributed by atoms with Gasteiger partial charge in [0.25, 0.3) is 0 Å². The number of hydrogen-bond donors (Lipinski definition) is 2. The molecule has 2 N–H and O–H groups in total. The van der Waals surface area contributed by atoms with Gasteiger partial charge in [-0.3, -0.25) is 9.59 Å². The zero-order valence-electron chi connectivity index (χ0n) is 12.7. The maximum absolute atomic E-state index is 12.4. The number of nitrogens with one attached hydrogen (secondary N) is 2. The smallest absolute Gasteiger partial charge is 0.243 e. The van der Waals surface area contributed by atoms with E-state index in [9.17, 15) is 9.59 Å². The van der Waals surface area contributed by atoms with E-state index < -0.39 is 0 Å². The van der Waals surface area contributed by atoms with E-state index in [1.165, 1.54) is 0 Å². The molecule has 114 valence electrons. The number of likely N-dealkylation sites (tertiary alicyclic amines) is 1. The molecule has 5 heteroatoms. The molecule has 3 atom stereocenters. The van der Waals surface area contributed by atoms with Gasteiger partial charge in [0.15, 0.2) is 0 Å². The zero-order chi connectivity index (χ0) is 14.5. The lowest BCUT2D eigenvalue weighted by atomic mass is 10.00. The second kappa shape index (κ2) is 7.07. The molecule has 0 aliphatic carbocycles. The fraction of sp³-hybridized carbons (Fsp3) is 0.867. The van der Waals surface area contributed by atoms with Crippen molar-refractivity contribution in [3.8, 4) is 0 Å². The first-order valence-electron chi connectivity index (χ1n) is 7.95. The van der Waals surface area contributed by atoms with E-state index in [0.29, 0.717) is 12.5 Å². The monoisotopic (exact) mass is 281 g/mol. The number of amides is 2. The van der Waals surface area contributed by atoms with Crippen molar-refractivity contribution in [1.29, 1.82) is 0 Å². The van der Waals surface area contributed by atoms with E-state index in [0.717, 1.165) is 45.2 Å². The van der Waals surface area contributed by atoms with Crippen LogP contribution in [0.5, 0.6) is 0 Å². The summed E-state index contributed by atoms with van der Waals surface area (Å²) < 4.78 is 0. The first-order chi connectivity index (χ1) is 9.61. The first kappa shape index (κ1) is 15.3. The van der Waals surface area contributed by atoms with Crippen LogP contribution in [0.2, 0.25) is 0 Å². The van der Waals surface area contributed by atoms with Crippen LogP contribution in [-0.2, 0) is 9.59 Å². The second-order valence-corrected chi connectivity index (χ2v) is 6.08. The number of carbonyl (C=O) groups excluding carboxylic acids is 2. The van der Waals surface area contributed by atoms with E-state index >= 15 is 0 Å². The van der Waals surface area contributed by atoms with Crippen molar-refractivity contribution in [1.82, 2.24) is 15.5 Å². The third-order valence-electron chi connectivity index (χ3n) is 4.31. The fourth-order valence-electron chi connectivity index (χ4n) is 3.26. The van der Waals surface area contributed by atoms with Crippen molar-refractivity contribution < 1.29 is 9.59 Å². The largest absolute Gasteiger partial charge is 0.351 e. The van der Waals surface area contributed by atoms with Crippen molar-refractivity contribution >= 4 is 11.8 Å². The van der Waals surface area contributed by atoms with Gasteiger partial charge in [-0.2, -0.15) is 0 Å². The van der Waals surface area contributed by atoms with Gasteiger partial charge in [-0.1, -0.05) is 6.92 Å². The Hall–Kier alpha value is -1.10. The van der Waals surface area contributed by atoms with Crippen LogP contribution in [-0.4, -0.2) is 47.9 Å². The standard InChI is InChI=1S/C15H27N3O2/c1-3-5-14(19)18-9-4-6-13(18)15(20)17-12-7-8-16-11(2)10-12/h11-13,16H,3-10H2,1-2H3,(H,17,20). The lowest BCUT2D eigenvalue weighted by molar-refractivity contribution is -0.138. The Kier molecular flexibility index (Phi) is 5.40. The number of carbonyl (C=O) groups is 2.